The molecule has 5 nitrogen and oxygen atoms in total. The van der Waals surface area contributed by atoms with Crippen molar-refractivity contribution in [2.45, 2.75) is 40.2 Å². The SMILES string of the molecule is CCCC(=O)N(C(C)=O)c1ccc(OCc2nc3ccccc3s2)cc1C. The van der Waals surface area contributed by atoms with E-state index in [1.807, 2.05) is 44.2 Å². The number of carbonyl (C=O) groups excluding carboxylic acids is 2. The number of rotatable bonds is 6. The third kappa shape index (κ3) is 4.34. The molecule has 3 rings (SSSR count). The third-order valence-electron chi connectivity index (χ3n) is 4.14. The summed E-state index contributed by atoms with van der Waals surface area (Å²) >= 11 is 1.61. The average Bonchev–Trinajstić information content (AvgIpc) is 3.05. The molecule has 0 spiro atoms. The summed E-state index contributed by atoms with van der Waals surface area (Å²) in [5.41, 5.74) is 2.39. The zero-order valence-corrected chi connectivity index (χ0v) is 16.5. The van der Waals surface area contributed by atoms with Crippen LogP contribution in [-0.2, 0) is 16.2 Å². The monoisotopic (exact) mass is 382 g/mol. The highest BCUT2D eigenvalue weighted by Crippen LogP contribution is 2.27. The molecule has 0 radical (unpaired) electrons. The van der Waals surface area contributed by atoms with E-state index in [0.717, 1.165) is 20.8 Å². The molecule has 0 fully saturated rings. The molecule has 3 aromatic rings. The molecule has 0 aliphatic rings. The Labute approximate surface area is 162 Å². The van der Waals surface area contributed by atoms with Gasteiger partial charge in [0.05, 0.1) is 15.9 Å². The van der Waals surface area contributed by atoms with E-state index < -0.39 is 0 Å². The van der Waals surface area contributed by atoms with Crippen LogP contribution in [0.15, 0.2) is 42.5 Å². The van der Waals surface area contributed by atoms with Crippen LogP contribution in [0.25, 0.3) is 10.2 Å². The highest BCUT2D eigenvalue weighted by atomic mass is 32.1. The maximum atomic E-state index is 12.3. The van der Waals surface area contributed by atoms with Crippen molar-refractivity contribution in [3.63, 3.8) is 0 Å². The molecule has 0 atom stereocenters. The number of nitrogens with zero attached hydrogens (tertiary/aromatic N) is 2. The normalized spacial score (nSPS) is 10.8. The first kappa shape index (κ1) is 19.0. The van der Waals surface area contributed by atoms with Gasteiger partial charge in [0.25, 0.3) is 0 Å². The molecule has 1 heterocycles. The van der Waals surface area contributed by atoms with Gasteiger partial charge in [-0.25, -0.2) is 4.98 Å². The van der Waals surface area contributed by atoms with Crippen molar-refractivity contribution in [3.8, 4) is 5.75 Å². The van der Waals surface area contributed by atoms with E-state index in [1.165, 1.54) is 11.8 Å². The fourth-order valence-electron chi connectivity index (χ4n) is 2.90. The number of imide groups is 1. The van der Waals surface area contributed by atoms with Crippen LogP contribution in [0.3, 0.4) is 0 Å². The average molecular weight is 382 g/mol. The Kier molecular flexibility index (Phi) is 5.86. The Morgan fingerprint density at radius 1 is 1.19 bits per heavy atom. The van der Waals surface area contributed by atoms with Crippen LogP contribution in [0.5, 0.6) is 5.75 Å². The number of hydrogen-bond donors (Lipinski definition) is 0. The van der Waals surface area contributed by atoms with E-state index >= 15 is 0 Å². The number of aromatic nitrogens is 1. The van der Waals surface area contributed by atoms with Gasteiger partial charge >= 0.3 is 0 Å². The Balaban J connectivity index is 1.75. The van der Waals surface area contributed by atoms with Crippen molar-refractivity contribution in [1.82, 2.24) is 4.98 Å². The molecule has 0 aliphatic heterocycles. The lowest BCUT2D eigenvalue weighted by Gasteiger charge is -2.21. The maximum absolute atomic E-state index is 12.3. The summed E-state index contributed by atoms with van der Waals surface area (Å²) in [5, 5.41) is 0.904. The summed E-state index contributed by atoms with van der Waals surface area (Å²) in [5.74, 6) is 0.220. The van der Waals surface area contributed by atoms with Gasteiger partial charge in [-0.3, -0.25) is 14.5 Å². The number of hydrogen-bond acceptors (Lipinski definition) is 5. The number of amides is 2. The minimum Gasteiger partial charge on any atom is -0.486 e. The van der Waals surface area contributed by atoms with Crippen LogP contribution in [-0.4, -0.2) is 16.8 Å². The first-order chi connectivity index (χ1) is 13.0. The predicted octanol–water partition coefficient (Wildman–Crippen LogP) is 4.86. The topological polar surface area (TPSA) is 59.5 Å². The molecule has 140 valence electrons. The predicted molar refractivity (Wildman–Crippen MR) is 108 cm³/mol. The van der Waals surface area contributed by atoms with Gasteiger partial charge in [0, 0.05) is 13.3 Å². The van der Waals surface area contributed by atoms with E-state index in [1.54, 1.807) is 23.5 Å². The molecule has 0 bridgehead atoms. The number of anilines is 1. The molecule has 0 N–H and O–H groups in total. The first-order valence-electron chi connectivity index (χ1n) is 8.91. The van der Waals surface area contributed by atoms with Gasteiger partial charge in [-0.15, -0.1) is 11.3 Å². The minimum atomic E-state index is -0.278. The standard InChI is InChI=1S/C21H22N2O3S/c1-4-7-21(25)23(15(3)24)18-11-10-16(12-14(18)2)26-13-20-22-17-8-5-6-9-19(17)27-20/h5-6,8-12H,4,7,13H2,1-3H3. The second-order valence-corrected chi connectivity index (χ2v) is 7.43. The van der Waals surface area contributed by atoms with Gasteiger partial charge < -0.3 is 4.74 Å². The van der Waals surface area contributed by atoms with Gasteiger partial charge in [0.1, 0.15) is 17.4 Å². The molecule has 6 heteroatoms. The van der Waals surface area contributed by atoms with Crippen molar-refractivity contribution in [3.05, 3.63) is 53.0 Å². The summed E-state index contributed by atoms with van der Waals surface area (Å²) < 4.78 is 7.00. The van der Waals surface area contributed by atoms with Crippen LogP contribution in [0.4, 0.5) is 5.69 Å². The summed E-state index contributed by atoms with van der Waals surface area (Å²) in [7, 11) is 0. The zero-order chi connectivity index (χ0) is 19.4. The number of ether oxygens (including phenoxy) is 1. The lowest BCUT2D eigenvalue weighted by Crippen LogP contribution is -2.35. The molecule has 0 saturated heterocycles. The number of fused-ring (bicyclic) bond motifs is 1. The molecular formula is C21H22N2O3S. The third-order valence-corrected chi connectivity index (χ3v) is 5.15. The van der Waals surface area contributed by atoms with Crippen LogP contribution in [0.1, 0.15) is 37.3 Å². The van der Waals surface area contributed by atoms with E-state index in [0.29, 0.717) is 30.9 Å². The number of benzene rings is 2. The smallest absolute Gasteiger partial charge is 0.233 e. The van der Waals surface area contributed by atoms with Gasteiger partial charge in [-0.2, -0.15) is 0 Å². The van der Waals surface area contributed by atoms with Crippen molar-refractivity contribution in [1.29, 1.82) is 0 Å². The molecule has 1 aromatic heterocycles. The number of para-hydroxylation sites is 1. The lowest BCUT2D eigenvalue weighted by atomic mass is 10.1. The summed E-state index contributed by atoms with van der Waals surface area (Å²) in [6, 6.07) is 13.4. The molecule has 0 unspecified atom stereocenters. The van der Waals surface area contributed by atoms with Gasteiger partial charge in [0.2, 0.25) is 11.8 Å². The van der Waals surface area contributed by atoms with Crippen molar-refractivity contribution < 1.29 is 14.3 Å². The van der Waals surface area contributed by atoms with Gasteiger partial charge in [-0.1, -0.05) is 19.1 Å². The van der Waals surface area contributed by atoms with E-state index in [9.17, 15) is 9.59 Å². The van der Waals surface area contributed by atoms with Crippen LogP contribution in [0, 0.1) is 6.92 Å². The Morgan fingerprint density at radius 3 is 2.63 bits per heavy atom. The van der Waals surface area contributed by atoms with Crippen LogP contribution < -0.4 is 9.64 Å². The van der Waals surface area contributed by atoms with Crippen molar-refractivity contribution in [2.24, 2.45) is 0 Å². The van der Waals surface area contributed by atoms with Crippen molar-refractivity contribution in [2.75, 3.05) is 4.90 Å². The van der Waals surface area contributed by atoms with Gasteiger partial charge in [0.15, 0.2) is 0 Å². The quantitative estimate of drug-likeness (QED) is 0.611. The lowest BCUT2D eigenvalue weighted by molar-refractivity contribution is -0.125. The van der Waals surface area contributed by atoms with E-state index in [-0.39, 0.29) is 11.8 Å². The molecule has 27 heavy (non-hydrogen) atoms. The van der Waals surface area contributed by atoms with Crippen LogP contribution in [0.2, 0.25) is 0 Å². The fraction of sp³-hybridized carbons (Fsp3) is 0.286. The number of carbonyl (C=O) groups is 2. The molecule has 0 saturated carbocycles. The second-order valence-electron chi connectivity index (χ2n) is 6.31. The molecule has 2 aromatic carbocycles. The van der Waals surface area contributed by atoms with E-state index in [4.69, 9.17) is 4.74 Å². The number of aryl methyl sites for hydroxylation is 1. The molecular weight excluding hydrogens is 360 g/mol. The largest absolute Gasteiger partial charge is 0.486 e. The van der Waals surface area contributed by atoms with Crippen molar-refractivity contribution >= 4 is 39.1 Å². The Bertz CT molecular complexity index is 947. The van der Waals surface area contributed by atoms with Crippen LogP contribution >= 0.6 is 11.3 Å². The second kappa shape index (κ2) is 8.31. The highest BCUT2D eigenvalue weighted by Gasteiger charge is 2.21. The minimum absolute atomic E-state index is 0.184. The van der Waals surface area contributed by atoms with Gasteiger partial charge in [-0.05, 0) is 49.2 Å². The summed E-state index contributed by atoms with van der Waals surface area (Å²) in [6.45, 7) is 5.57. The fourth-order valence-corrected chi connectivity index (χ4v) is 3.78. The molecule has 0 aliphatic carbocycles. The van der Waals surface area contributed by atoms with E-state index in [2.05, 4.69) is 4.98 Å². The Hall–Kier alpha value is -2.73. The zero-order valence-electron chi connectivity index (χ0n) is 15.7. The number of thiazole rings is 1. The summed E-state index contributed by atoms with van der Waals surface area (Å²) in [6.07, 6.45) is 1.04. The maximum Gasteiger partial charge on any atom is 0.233 e. The first-order valence-corrected chi connectivity index (χ1v) is 9.72. The highest BCUT2D eigenvalue weighted by molar-refractivity contribution is 7.18. The summed E-state index contributed by atoms with van der Waals surface area (Å²) in [4.78, 5) is 30.1. The Morgan fingerprint density at radius 2 is 1.96 bits per heavy atom. The molecule has 2 amide bonds.